The molecule has 1 unspecified atom stereocenters. The normalized spacial score (nSPS) is 14.2. The zero-order chi connectivity index (χ0) is 24.6. The highest BCUT2D eigenvalue weighted by Crippen LogP contribution is 2.12. The number of hydrogen-bond acceptors (Lipinski definition) is 3. The lowest BCUT2D eigenvalue weighted by molar-refractivity contribution is -0.168. The van der Waals surface area contributed by atoms with Crippen LogP contribution in [0.1, 0.15) is 92.4 Å². The molecular weight excluding hydrogens is 408 g/mol. The maximum Gasteiger partial charge on any atom is 0.335 e. The maximum absolute atomic E-state index is 12.0. The fourth-order valence-electron chi connectivity index (χ4n) is 2.79. The summed E-state index contributed by atoms with van der Waals surface area (Å²) in [4.78, 5) is 12.0. The van der Waals surface area contributed by atoms with Crippen molar-refractivity contribution in [1.29, 1.82) is 0 Å². The number of rotatable bonds is 18. The number of carbonyl (C=O) groups is 1. The molecule has 186 valence electrons. The van der Waals surface area contributed by atoms with Gasteiger partial charge in [-0.25, -0.2) is 4.79 Å². The van der Waals surface area contributed by atoms with Crippen LogP contribution >= 0.6 is 0 Å². The zero-order valence-electron chi connectivity index (χ0n) is 21.8. The summed E-state index contributed by atoms with van der Waals surface area (Å²) >= 11 is 0. The first-order chi connectivity index (χ1) is 15.9. The van der Waals surface area contributed by atoms with Crippen molar-refractivity contribution >= 4 is 5.97 Å². The van der Waals surface area contributed by atoms with E-state index in [1.165, 1.54) is 0 Å². The highest BCUT2D eigenvalue weighted by molar-refractivity contribution is 5.75. The van der Waals surface area contributed by atoms with Crippen LogP contribution in [0.5, 0.6) is 0 Å². The Morgan fingerprint density at radius 2 is 1.12 bits per heavy atom. The Hall–Kier alpha value is -2.13. The molecule has 0 fully saturated rings. The monoisotopic (exact) mass is 456 g/mol. The molecule has 0 N–H and O–H groups in total. The predicted molar refractivity (Wildman–Crippen MR) is 143 cm³/mol. The van der Waals surface area contributed by atoms with Gasteiger partial charge in [0.05, 0.1) is 0 Å². The number of hydrogen-bond donors (Lipinski definition) is 0. The molecule has 0 saturated carbocycles. The highest BCUT2D eigenvalue weighted by Gasteiger charge is 2.24. The Labute approximate surface area is 204 Å². The van der Waals surface area contributed by atoms with Crippen molar-refractivity contribution in [3.8, 4) is 0 Å². The summed E-state index contributed by atoms with van der Waals surface area (Å²) in [6.07, 6.45) is 34.6. The van der Waals surface area contributed by atoms with Crippen molar-refractivity contribution in [2.45, 2.75) is 104 Å². The zero-order valence-corrected chi connectivity index (χ0v) is 21.8. The maximum atomic E-state index is 12.0. The van der Waals surface area contributed by atoms with Gasteiger partial charge in [-0.3, -0.25) is 0 Å². The smallest absolute Gasteiger partial charge is 0.335 e. The van der Waals surface area contributed by atoms with Gasteiger partial charge in [-0.1, -0.05) is 86.8 Å². The van der Waals surface area contributed by atoms with Gasteiger partial charge in [-0.05, 0) is 78.6 Å². The van der Waals surface area contributed by atoms with Gasteiger partial charge in [0, 0.05) is 6.61 Å². The Morgan fingerprint density at radius 1 is 0.697 bits per heavy atom. The molecule has 0 bridgehead atoms. The number of ether oxygens (including phenoxy) is 2. The summed E-state index contributed by atoms with van der Waals surface area (Å²) < 4.78 is 11.1. The predicted octanol–water partition coefficient (Wildman–Crippen LogP) is 8.60. The lowest BCUT2D eigenvalue weighted by atomic mass is 10.2. The second kappa shape index (κ2) is 21.7. The number of unbranched alkanes of at least 4 members (excludes halogenated alkanes) is 1. The second-order valence-corrected chi connectivity index (χ2v) is 8.86. The molecule has 0 saturated heterocycles. The number of esters is 1. The minimum atomic E-state index is -0.472. The Balaban J connectivity index is 3.72. The molecule has 33 heavy (non-hydrogen) atoms. The van der Waals surface area contributed by atoms with E-state index in [2.05, 4.69) is 79.8 Å². The van der Waals surface area contributed by atoms with Crippen molar-refractivity contribution in [2.24, 2.45) is 0 Å². The van der Waals surface area contributed by atoms with Crippen LogP contribution in [0.15, 0.2) is 72.9 Å². The van der Waals surface area contributed by atoms with E-state index in [1.54, 1.807) is 0 Å². The van der Waals surface area contributed by atoms with Gasteiger partial charge in [-0.15, -0.1) is 0 Å². The molecule has 3 nitrogen and oxygen atoms in total. The molecule has 0 aromatic heterocycles. The van der Waals surface area contributed by atoms with Gasteiger partial charge in [0.2, 0.25) is 0 Å². The third kappa shape index (κ3) is 22.8. The van der Waals surface area contributed by atoms with Crippen LogP contribution in [-0.2, 0) is 14.3 Å². The van der Waals surface area contributed by atoms with Crippen molar-refractivity contribution in [2.75, 3.05) is 6.61 Å². The van der Waals surface area contributed by atoms with Crippen molar-refractivity contribution < 1.29 is 14.3 Å². The Bertz CT molecular complexity index is 642. The molecule has 3 heteroatoms. The largest absolute Gasteiger partial charge is 0.458 e. The second-order valence-electron chi connectivity index (χ2n) is 8.86. The fourth-order valence-corrected chi connectivity index (χ4v) is 2.79. The summed E-state index contributed by atoms with van der Waals surface area (Å²) in [7, 11) is 0. The van der Waals surface area contributed by atoms with Crippen LogP contribution < -0.4 is 0 Å². The van der Waals surface area contributed by atoms with E-state index in [4.69, 9.17) is 9.47 Å². The van der Waals surface area contributed by atoms with E-state index in [0.717, 1.165) is 51.4 Å². The standard InChI is InChI=1S/C30H48O3/c1-6-8-9-10-11-12-13-14-15-16-17-18-19-20-21-22-23-24-25-26-27-32-28(7-2)29(31)33-30(3,4)5/h8-9,11-12,14-15,17-18,20-21,23-24,28H,6-7,10,13,16,19,22,25-27H2,1-5H3/b9-8-,12-11-,15-14-,18-17-,21-20-,24-23-. The summed E-state index contributed by atoms with van der Waals surface area (Å²) in [6.45, 7) is 10.3. The van der Waals surface area contributed by atoms with Crippen LogP contribution in [0.2, 0.25) is 0 Å². The van der Waals surface area contributed by atoms with Gasteiger partial charge < -0.3 is 9.47 Å². The van der Waals surface area contributed by atoms with Crippen LogP contribution in [0.3, 0.4) is 0 Å². The van der Waals surface area contributed by atoms with Crippen LogP contribution in [0, 0.1) is 0 Å². The van der Waals surface area contributed by atoms with Gasteiger partial charge in [0.1, 0.15) is 5.60 Å². The Morgan fingerprint density at radius 3 is 1.52 bits per heavy atom. The SMILES string of the molecule is CC/C=C\C/C=C\C/C=C\C/C=C\C/C=C\C/C=C\CCCOC(CC)C(=O)OC(C)(C)C. The van der Waals surface area contributed by atoms with Gasteiger partial charge in [0.25, 0.3) is 0 Å². The average Bonchev–Trinajstić information content (AvgIpc) is 2.76. The lowest BCUT2D eigenvalue weighted by Gasteiger charge is -2.23. The van der Waals surface area contributed by atoms with Crippen molar-refractivity contribution in [1.82, 2.24) is 0 Å². The highest BCUT2D eigenvalue weighted by atomic mass is 16.6. The average molecular weight is 457 g/mol. The van der Waals surface area contributed by atoms with Gasteiger partial charge in [0.15, 0.2) is 6.10 Å². The van der Waals surface area contributed by atoms with E-state index in [-0.39, 0.29) is 5.97 Å². The molecule has 0 radical (unpaired) electrons. The topological polar surface area (TPSA) is 35.5 Å². The molecule has 1 atom stereocenters. The van der Waals surface area contributed by atoms with Crippen molar-refractivity contribution in [3.63, 3.8) is 0 Å². The van der Waals surface area contributed by atoms with E-state index >= 15 is 0 Å². The van der Waals surface area contributed by atoms with E-state index in [0.29, 0.717) is 13.0 Å². The van der Waals surface area contributed by atoms with Crippen LogP contribution in [0.25, 0.3) is 0 Å². The number of allylic oxidation sites excluding steroid dienone is 12. The van der Waals surface area contributed by atoms with Gasteiger partial charge >= 0.3 is 5.97 Å². The lowest BCUT2D eigenvalue weighted by Crippen LogP contribution is -2.33. The van der Waals surface area contributed by atoms with Crippen LogP contribution in [0.4, 0.5) is 0 Å². The summed E-state index contributed by atoms with van der Waals surface area (Å²) in [5.74, 6) is -0.265. The van der Waals surface area contributed by atoms with E-state index < -0.39 is 11.7 Å². The molecule has 0 heterocycles. The van der Waals surface area contributed by atoms with Crippen LogP contribution in [-0.4, -0.2) is 24.3 Å². The summed E-state index contributed by atoms with van der Waals surface area (Å²) in [5.41, 5.74) is -0.472. The molecule has 0 aliphatic heterocycles. The molecular formula is C30H48O3. The third-order valence-electron chi connectivity index (χ3n) is 4.47. The molecule has 0 aromatic rings. The van der Waals surface area contributed by atoms with E-state index in [1.807, 2.05) is 27.7 Å². The minimum absolute atomic E-state index is 0.265. The molecule has 0 aromatic carbocycles. The molecule has 0 rings (SSSR count). The summed E-state index contributed by atoms with van der Waals surface area (Å²) in [5, 5.41) is 0. The molecule has 0 amide bonds. The summed E-state index contributed by atoms with van der Waals surface area (Å²) in [6, 6.07) is 0. The first kappa shape index (κ1) is 30.9. The minimum Gasteiger partial charge on any atom is -0.458 e. The number of carbonyl (C=O) groups excluding carboxylic acids is 1. The molecule has 0 aliphatic carbocycles. The third-order valence-corrected chi connectivity index (χ3v) is 4.47. The van der Waals surface area contributed by atoms with Gasteiger partial charge in [-0.2, -0.15) is 0 Å². The fraction of sp³-hybridized carbons (Fsp3) is 0.567. The quantitative estimate of drug-likeness (QED) is 0.118. The molecule has 0 spiro atoms. The first-order valence-corrected chi connectivity index (χ1v) is 12.6. The molecule has 0 aliphatic rings. The van der Waals surface area contributed by atoms with E-state index in [9.17, 15) is 4.79 Å². The van der Waals surface area contributed by atoms with Crippen molar-refractivity contribution in [3.05, 3.63) is 72.9 Å². The Kier molecular flexibility index (Phi) is 20.3. The first-order valence-electron chi connectivity index (χ1n) is 12.6.